The number of rotatable bonds is 11. The molecule has 1 aromatic heterocycles. The van der Waals surface area contributed by atoms with E-state index in [-0.39, 0.29) is 23.5 Å². The van der Waals surface area contributed by atoms with Crippen molar-refractivity contribution < 1.29 is 43.6 Å². The van der Waals surface area contributed by atoms with Crippen molar-refractivity contribution in [2.75, 3.05) is 26.3 Å². The summed E-state index contributed by atoms with van der Waals surface area (Å²) in [6, 6.07) is 6.88. The van der Waals surface area contributed by atoms with Crippen LogP contribution >= 0.6 is 11.3 Å². The molecule has 0 saturated carbocycles. The third kappa shape index (κ3) is 9.17. The topological polar surface area (TPSA) is 143 Å². The summed E-state index contributed by atoms with van der Waals surface area (Å²) in [5, 5.41) is 17.8. The highest BCUT2D eigenvalue weighted by Crippen LogP contribution is 2.31. The number of carboxylic acids is 2. The van der Waals surface area contributed by atoms with Gasteiger partial charge in [0.1, 0.15) is 5.60 Å². The van der Waals surface area contributed by atoms with Gasteiger partial charge in [0, 0.05) is 29.8 Å². The van der Waals surface area contributed by atoms with Crippen LogP contribution in [0.15, 0.2) is 24.3 Å². The number of benzene rings is 1. The Balaban J connectivity index is 1.65. The van der Waals surface area contributed by atoms with E-state index in [1.807, 2.05) is 26.8 Å². The van der Waals surface area contributed by atoms with E-state index in [0.717, 1.165) is 22.4 Å². The first-order chi connectivity index (χ1) is 18.3. The first kappa shape index (κ1) is 29.8. The van der Waals surface area contributed by atoms with Crippen LogP contribution in [0.5, 0.6) is 11.5 Å². The minimum absolute atomic E-state index is 0.0967. The highest BCUT2D eigenvalue weighted by Gasteiger charge is 2.27. The Bertz CT molecular complexity index is 1220. The molecule has 0 spiro atoms. The van der Waals surface area contributed by atoms with E-state index in [0.29, 0.717) is 32.6 Å². The number of thiophene rings is 1. The maximum absolute atomic E-state index is 12.5. The van der Waals surface area contributed by atoms with Crippen LogP contribution in [0.4, 0.5) is 4.79 Å². The molecular weight excluding hydrogens is 528 g/mol. The van der Waals surface area contributed by atoms with E-state index in [1.54, 1.807) is 33.3 Å². The van der Waals surface area contributed by atoms with Crippen LogP contribution in [0, 0.1) is 0 Å². The lowest BCUT2D eigenvalue weighted by atomic mass is 10.1. The van der Waals surface area contributed by atoms with E-state index >= 15 is 0 Å². The molecule has 1 aliphatic heterocycles. The van der Waals surface area contributed by atoms with Crippen molar-refractivity contribution in [2.24, 2.45) is 0 Å². The quantitative estimate of drug-likeness (QED) is 0.420. The van der Waals surface area contributed by atoms with Crippen LogP contribution in [0.3, 0.4) is 0 Å². The lowest BCUT2D eigenvalue weighted by Gasteiger charge is -2.29. The van der Waals surface area contributed by atoms with Gasteiger partial charge in [-0.3, -0.25) is 4.79 Å². The zero-order chi connectivity index (χ0) is 28.7. The summed E-state index contributed by atoms with van der Waals surface area (Å²) in [6.07, 6.45) is 0.853. The standard InChI is InChI=1S/C27H34N2O9S/c1-17(30)28(9-7-18-5-6-21(36-15-24(31)32)22(11-18)37-16-25(33)34)14-20-12-19-13-29(10-8-23(19)39-20)26(35)38-27(2,3)4/h5-6,11-12H,7-10,13-16H2,1-4H3,(H,31,32)(H,33,34). The number of ether oxygens (including phenoxy) is 3. The summed E-state index contributed by atoms with van der Waals surface area (Å²) >= 11 is 1.64. The van der Waals surface area contributed by atoms with E-state index in [1.165, 1.54) is 17.9 Å². The van der Waals surface area contributed by atoms with Crippen molar-refractivity contribution in [1.82, 2.24) is 9.80 Å². The fourth-order valence-electron chi connectivity index (χ4n) is 3.97. The summed E-state index contributed by atoms with van der Waals surface area (Å²) < 4.78 is 16.0. The SMILES string of the molecule is CC(=O)N(CCc1ccc(OCC(=O)O)c(OCC(=O)O)c1)Cc1cc2c(s1)CCN(C(=O)OC(C)(C)C)C2. The predicted octanol–water partition coefficient (Wildman–Crippen LogP) is 3.56. The minimum atomic E-state index is -1.18. The first-order valence-electron chi connectivity index (χ1n) is 12.5. The average Bonchev–Trinajstić information content (AvgIpc) is 3.24. The second-order valence-corrected chi connectivity index (χ2v) is 11.4. The summed E-state index contributed by atoms with van der Waals surface area (Å²) in [6.45, 7) is 7.68. The molecular formula is C27H34N2O9S. The highest BCUT2D eigenvalue weighted by atomic mass is 32.1. The molecule has 2 heterocycles. The van der Waals surface area contributed by atoms with Crippen LogP contribution < -0.4 is 9.47 Å². The molecule has 12 heteroatoms. The van der Waals surface area contributed by atoms with Gasteiger partial charge in [-0.1, -0.05) is 6.07 Å². The second-order valence-electron chi connectivity index (χ2n) is 10.1. The van der Waals surface area contributed by atoms with Gasteiger partial charge in [-0.15, -0.1) is 11.3 Å². The van der Waals surface area contributed by atoms with Gasteiger partial charge in [-0.2, -0.15) is 0 Å². The Morgan fingerprint density at radius 1 is 1.03 bits per heavy atom. The zero-order valence-corrected chi connectivity index (χ0v) is 23.3. The number of amides is 2. The Hall–Kier alpha value is -3.80. The lowest BCUT2D eigenvalue weighted by molar-refractivity contribution is -0.140. The van der Waals surface area contributed by atoms with Gasteiger partial charge in [0.25, 0.3) is 0 Å². The Morgan fingerprint density at radius 2 is 1.69 bits per heavy atom. The maximum atomic E-state index is 12.5. The summed E-state index contributed by atoms with van der Waals surface area (Å²) in [5.74, 6) is -2.21. The average molecular weight is 563 g/mol. The molecule has 1 aromatic carbocycles. The Labute approximate surface area is 230 Å². The number of carbonyl (C=O) groups is 4. The lowest BCUT2D eigenvalue weighted by Crippen LogP contribution is -2.39. The molecule has 0 fully saturated rings. The number of fused-ring (bicyclic) bond motifs is 1. The second kappa shape index (κ2) is 12.8. The molecule has 0 atom stereocenters. The van der Waals surface area contributed by atoms with E-state index in [4.69, 9.17) is 24.4 Å². The van der Waals surface area contributed by atoms with Gasteiger partial charge in [-0.05, 0) is 62.9 Å². The highest BCUT2D eigenvalue weighted by molar-refractivity contribution is 7.12. The van der Waals surface area contributed by atoms with E-state index < -0.39 is 30.8 Å². The van der Waals surface area contributed by atoms with Crippen LogP contribution in [-0.4, -0.2) is 75.9 Å². The number of nitrogens with zero attached hydrogens (tertiary/aromatic N) is 2. The van der Waals surface area contributed by atoms with Crippen LogP contribution in [-0.2, 0) is 45.1 Å². The zero-order valence-electron chi connectivity index (χ0n) is 22.5. The molecule has 11 nitrogen and oxygen atoms in total. The van der Waals surface area contributed by atoms with Gasteiger partial charge >= 0.3 is 18.0 Å². The number of hydrogen-bond donors (Lipinski definition) is 2. The molecule has 0 bridgehead atoms. The molecule has 39 heavy (non-hydrogen) atoms. The largest absolute Gasteiger partial charge is 0.479 e. The maximum Gasteiger partial charge on any atom is 0.410 e. The van der Waals surface area contributed by atoms with Crippen molar-refractivity contribution >= 4 is 35.3 Å². The number of carbonyl (C=O) groups excluding carboxylic acids is 2. The molecule has 2 amide bonds. The van der Waals surface area contributed by atoms with E-state index in [9.17, 15) is 19.2 Å². The van der Waals surface area contributed by atoms with E-state index in [2.05, 4.69) is 0 Å². The third-order valence-electron chi connectivity index (χ3n) is 5.74. The minimum Gasteiger partial charge on any atom is -0.479 e. The molecule has 2 N–H and O–H groups in total. The smallest absolute Gasteiger partial charge is 0.410 e. The van der Waals surface area contributed by atoms with Gasteiger partial charge in [-0.25, -0.2) is 14.4 Å². The first-order valence-corrected chi connectivity index (χ1v) is 13.3. The third-order valence-corrected chi connectivity index (χ3v) is 6.96. The number of aliphatic carboxylic acids is 2. The number of carboxylic acid groups (broad SMARTS) is 2. The molecule has 1 aliphatic rings. The molecule has 0 radical (unpaired) electrons. The van der Waals surface area contributed by atoms with Crippen molar-refractivity contribution in [1.29, 1.82) is 0 Å². The number of hydrogen-bond acceptors (Lipinski definition) is 8. The Kier molecular flexibility index (Phi) is 9.79. The Morgan fingerprint density at radius 3 is 2.31 bits per heavy atom. The van der Waals surface area contributed by atoms with Crippen molar-refractivity contribution in [3.63, 3.8) is 0 Å². The van der Waals surface area contributed by atoms with Gasteiger partial charge in [0.15, 0.2) is 24.7 Å². The van der Waals surface area contributed by atoms with Crippen LogP contribution in [0.2, 0.25) is 0 Å². The molecule has 2 aromatic rings. The fourth-order valence-corrected chi connectivity index (χ4v) is 5.16. The summed E-state index contributed by atoms with van der Waals surface area (Å²) in [5.41, 5.74) is 1.27. The van der Waals surface area contributed by atoms with Gasteiger partial charge in [0.2, 0.25) is 5.91 Å². The van der Waals surface area contributed by atoms with Crippen LogP contribution in [0.1, 0.15) is 48.6 Å². The van der Waals surface area contributed by atoms with Crippen LogP contribution in [0.25, 0.3) is 0 Å². The normalized spacial score (nSPS) is 12.9. The fraction of sp³-hybridized carbons (Fsp3) is 0.481. The van der Waals surface area contributed by atoms with Crippen molar-refractivity contribution in [3.05, 3.63) is 45.1 Å². The van der Waals surface area contributed by atoms with Gasteiger partial charge < -0.3 is 34.2 Å². The van der Waals surface area contributed by atoms with Crippen molar-refractivity contribution in [3.8, 4) is 11.5 Å². The summed E-state index contributed by atoms with van der Waals surface area (Å²) in [4.78, 5) is 52.3. The van der Waals surface area contributed by atoms with Gasteiger partial charge in [0.05, 0.1) is 13.1 Å². The molecule has 0 aliphatic carbocycles. The molecule has 212 valence electrons. The summed E-state index contributed by atoms with van der Waals surface area (Å²) in [7, 11) is 0. The predicted molar refractivity (Wildman–Crippen MR) is 142 cm³/mol. The molecule has 0 saturated heterocycles. The molecule has 3 rings (SSSR count). The monoisotopic (exact) mass is 562 g/mol. The van der Waals surface area contributed by atoms with Crippen molar-refractivity contribution in [2.45, 2.75) is 59.2 Å². The molecule has 0 unspecified atom stereocenters.